The van der Waals surface area contributed by atoms with Gasteiger partial charge < -0.3 is 10.2 Å². The standard InChI is InChI=1S/C18H25BrN2O/c1-15-6-2-3-12-21(15)13-5-11-20-18(22)10-9-16-7-4-8-17(19)14-16/h4,7-10,14-15H,2-3,5-6,11-13H2,1H3,(H,20,22)/b10-9+/t15-/m1/s1. The van der Waals surface area contributed by atoms with E-state index in [4.69, 9.17) is 0 Å². The zero-order valence-corrected chi connectivity index (χ0v) is 14.8. The first-order valence-electron chi connectivity index (χ1n) is 8.10. The minimum atomic E-state index is -0.0216. The monoisotopic (exact) mass is 364 g/mol. The van der Waals surface area contributed by atoms with Crippen molar-refractivity contribution in [2.75, 3.05) is 19.6 Å². The van der Waals surface area contributed by atoms with Crippen LogP contribution in [-0.2, 0) is 4.79 Å². The predicted octanol–water partition coefficient (Wildman–Crippen LogP) is 3.84. The second-order valence-electron chi connectivity index (χ2n) is 5.91. The molecular formula is C18H25BrN2O. The van der Waals surface area contributed by atoms with Gasteiger partial charge in [-0.1, -0.05) is 34.5 Å². The summed E-state index contributed by atoms with van der Waals surface area (Å²) in [6.07, 6.45) is 8.43. The Labute approximate surface area is 141 Å². The third-order valence-corrected chi connectivity index (χ3v) is 4.63. The normalized spacial score (nSPS) is 19.5. The molecule has 0 bridgehead atoms. The van der Waals surface area contributed by atoms with Gasteiger partial charge in [-0.3, -0.25) is 4.79 Å². The summed E-state index contributed by atoms with van der Waals surface area (Å²) in [5.74, 6) is -0.0216. The number of nitrogens with one attached hydrogen (secondary N) is 1. The summed E-state index contributed by atoms with van der Waals surface area (Å²) in [5, 5.41) is 2.96. The van der Waals surface area contributed by atoms with Crippen molar-refractivity contribution < 1.29 is 4.79 Å². The molecule has 0 spiro atoms. The van der Waals surface area contributed by atoms with Crippen LogP contribution < -0.4 is 5.32 Å². The number of halogens is 1. The van der Waals surface area contributed by atoms with E-state index >= 15 is 0 Å². The van der Waals surface area contributed by atoms with Crippen LogP contribution in [0, 0.1) is 0 Å². The van der Waals surface area contributed by atoms with Gasteiger partial charge in [-0.2, -0.15) is 0 Å². The maximum Gasteiger partial charge on any atom is 0.243 e. The second-order valence-corrected chi connectivity index (χ2v) is 6.83. The van der Waals surface area contributed by atoms with Crippen LogP contribution in [0.15, 0.2) is 34.8 Å². The van der Waals surface area contributed by atoms with Crippen LogP contribution in [0.25, 0.3) is 6.08 Å². The van der Waals surface area contributed by atoms with E-state index in [0.717, 1.165) is 29.5 Å². The highest BCUT2D eigenvalue weighted by molar-refractivity contribution is 9.10. The third-order valence-electron chi connectivity index (χ3n) is 4.14. The third kappa shape index (κ3) is 5.93. The van der Waals surface area contributed by atoms with Gasteiger partial charge in [-0.15, -0.1) is 0 Å². The lowest BCUT2D eigenvalue weighted by Crippen LogP contribution is -2.39. The minimum absolute atomic E-state index is 0.0216. The number of hydrogen-bond acceptors (Lipinski definition) is 2. The maximum absolute atomic E-state index is 11.8. The van der Waals surface area contributed by atoms with Gasteiger partial charge in [0.05, 0.1) is 0 Å². The topological polar surface area (TPSA) is 32.3 Å². The lowest BCUT2D eigenvalue weighted by molar-refractivity contribution is -0.116. The number of piperidine rings is 1. The van der Waals surface area contributed by atoms with Gasteiger partial charge in [-0.25, -0.2) is 0 Å². The van der Waals surface area contributed by atoms with Crippen LogP contribution in [0.1, 0.15) is 38.2 Å². The molecule has 0 radical (unpaired) electrons. The highest BCUT2D eigenvalue weighted by Gasteiger charge is 2.16. The van der Waals surface area contributed by atoms with Crippen LogP contribution in [0.3, 0.4) is 0 Å². The van der Waals surface area contributed by atoms with Gasteiger partial charge in [0, 0.05) is 29.7 Å². The maximum atomic E-state index is 11.8. The van der Waals surface area contributed by atoms with Crippen LogP contribution in [-0.4, -0.2) is 36.5 Å². The Bertz CT molecular complexity index is 516. The zero-order chi connectivity index (χ0) is 15.8. The molecule has 1 aliphatic heterocycles. The highest BCUT2D eigenvalue weighted by Crippen LogP contribution is 2.16. The summed E-state index contributed by atoms with van der Waals surface area (Å²) in [5.41, 5.74) is 1.02. The first-order chi connectivity index (χ1) is 10.6. The van der Waals surface area contributed by atoms with Gasteiger partial charge >= 0.3 is 0 Å². The van der Waals surface area contributed by atoms with Crippen molar-refractivity contribution in [1.82, 2.24) is 10.2 Å². The van der Waals surface area contributed by atoms with E-state index in [-0.39, 0.29) is 5.91 Å². The zero-order valence-electron chi connectivity index (χ0n) is 13.2. The minimum Gasteiger partial charge on any atom is -0.353 e. The molecule has 1 aliphatic rings. The second kappa shape index (κ2) is 9.11. The quantitative estimate of drug-likeness (QED) is 0.614. The number of carbonyl (C=O) groups excluding carboxylic acids is 1. The Kier molecular flexibility index (Phi) is 7.13. The first kappa shape index (κ1) is 17.2. The van der Waals surface area contributed by atoms with E-state index in [2.05, 4.69) is 33.1 Å². The summed E-state index contributed by atoms with van der Waals surface area (Å²) < 4.78 is 1.02. The van der Waals surface area contributed by atoms with Crippen LogP contribution in [0.2, 0.25) is 0 Å². The van der Waals surface area contributed by atoms with E-state index in [1.165, 1.54) is 25.8 Å². The number of rotatable bonds is 6. The molecule has 0 unspecified atom stereocenters. The van der Waals surface area contributed by atoms with E-state index in [1.807, 2.05) is 30.3 Å². The van der Waals surface area contributed by atoms with Gasteiger partial charge in [0.2, 0.25) is 5.91 Å². The summed E-state index contributed by atoms with van der Waals surface area (Å²) in [6, 6.07) is 8.59. The molecule has 1 aromatic rings. The fraction of sp³-hybridized carbons (Fsp3) is 0.500. The molecule has 0 saturated carbocycles. The summed E-state index contributed by atoms with van der Waals surface area (Å²) in [4.78, 5) is 14.3. The molecule has 0 aliphatic carbocycles. The summed E-state index contributed by atoms with van der Waals surface area (Å²) in [6.45, 7) is 5.33. The first-order valence-corrected chi connectivity index (χ1v) is 8.90. The molecule has 1 fully saturated rings. The Balaban J connectivity index is 1.65. The molecule has 1 N–H and O–H groups in total. The number of carbonyl (C=O) groups is 1. The molecule has 1 heterocycles. The lowest BCUT2D eigenvalue weighted by Gasteiger charge is -2.33. The van der Waals surface area contributed by atoms with Gasteiger partial charge in [0.15, 0.2) is 0 Å². The molecule has 2 rings (SSSR count). The van der Waals surface area contributed by atoms with Crippen molar-refractivity contribution >= 4 is 27.9 Å². The average Bonchev–Trinajstić information content (AvgIpc) is 2.51. The number of amides is 1. The molecule has 4 heteroatoms. The van der Waals surface area contributed by atoms with E-state index in [9.17, 15) is 4.79 Å². The summed E-state index contributed by atoms with van der Waals surface area (Å²) in [7, 11) is 0. The average molecular weight is 365 g/mol. The Hall–Kier alpha value is -1.13. The van der Waals surface area contributed by atoms with Crippen molar-refractivity contribution in [3.8, 4) is 0 Å². The smallest absolute Gasteiger partial charge is 0.243 e. The van der Waals surface area contributed by atoms with E-state index < -0.39 is 0 Å². The SMILES string of the molecule is C[C@@H]1CCCCN1CCCNC(=O)/C=C/c1cccc(Br)c1. The number of benzene rings is 1. The van der Waals surface area contributed by atoms with Gasteiger partial charge in [-0.05, 0) is 56.5 Å². The Morgan fingerprint density at radius 1 is 1.45 bits per heavy atom. The molecular weight excluding hydrogens is 340 g/mol. The molecule has 1 aromatic carbocycles. The fourth-order valence-corrected chi connectivity index (χ4v) is 3.24. The Morgan fingerprint density at radius 3 is 3.09 bits per heavy atom. The molecule has 1 saturated heterocycles. The molecule has 22 heavy (non-hydrogen) atoms. The molecule has 1 atom stereocenters. The molecule has 1 amide bonds. The molecule has 0 aromatic heterocycles. The summed E-state index contributed by atoms with van der Waals surface area (Å²) >= 11 is 3.42. The van der Waals surface area contributed by atoms with Gasteiger partial charge in [0.25, 0.3) is 0 Å². The van der Waals surface area contributed by atoms with Crippen molar-refractivity contribution in [2.24, 2.45) is 0 Å². The lowest BCUT2D eigenvalue weighted by atomic mass is 10.0. The van der Waals surface area contributed by atoms with Crippen LogP contribution >= 0.6 is 15.9 Å². The number of likely N-dealkylation sites (tertiary alicyclic amines) is 1. The van der Waals surface area contributed by atoms with Crippen molar-refractivity contribution in [3.05, 3.63) is 40.4 Å². The number of nitrogens with zero attached hydrogens (tertiary/aromatic N) is 1. The van der Waals surface area contributed by atoms with E-state index in [0.29, 0.717) is 6.04 Å². The number of hydrogen-bond donors (Lipinski definition) is 1. The Morgan fingerprint density at radius 2 is 2.32 bits per heavy atom. The predicted molar refractivity (Wildman–Crippen MR) is 95.7 cm³/mol. The van der Waals surface area contributed by atoms with Crippen LogP contribution in [0.5, 0.6) is 0 Å². The molecule has 3 nitrogen and oxygen atoms in total. The van der Waals surface area contributed by atoms with Gasteiger partial charge in [0.1, 0.15) is 0 Å². The largest absolute Gasteiger partial charge is 0.353 e. The van der Waals surface area contributed by atoms with Crippen molar-refractivity contribution in [2.45, 2.75) is 38.6 Å². The van der Waals surface area contributed by atoms with E-state index in [1.54, 1.807) is 6.08 Å². The van der Waals surface area contributed by atoms with Crippen molar-refractivity contribution in [1.29, 1.82) is 0 Å². The van der Waals surface area contributed by atoms with Crippen LogP contribution in [0.4, 0.5) is 0 Å². The highest BCUT2D eigenvalue weighted by atomic mass is 79.9. The fourth-order valence-electron chi connectivity index (χ4n) is 2.82. The van der Waals surface area contributed by atoms with Crippen molar-refractivity contribution in [3.63, 3.8) is 0 Å². The molecule has 120 valence electrons.